The second kappa shape index (κ2) is 2.69. The molecule has 0 saturated heterocycles. The van der Waals surface area contributed by atoms with Gasteiger partial charge in [-0.2, -0.15) is 5.11 Å². The highest BCUT2D eigenvalue weighted by molar-refractivity contribution is 5.45. The molecule has 68 valence electrons. The molecule has 0 unspecified atom stereocenters. The molecule has 4 nitrogen and oxygen atoms in total. The number of rotatable bonds is 1. The van der Waals surface area contributed by atoms with E-state index in [9.17, 15) is 4.39 Å². The van der Waals surface area contributed by atoms with Crippen molar-refractivity contribution in [3.05, 3.63) is 35.1 Å². The molecular weight excluding hydrogens is 173 g/mol. The minimum absolute atomic E-state index is 0.183. The monoisotopic (exact) mass is 181 g/mol. The summed E-state index contributed by atoms with van der Waals surface area (Å²) in [7, 11) is 1.41. The first-order valence-corrected chi connectivity index (χ1v) is 3.76. The summed E-state index contributed by atoms with van der Waals surface area (Å²) in [5, 5.41) is 7.28. The van der Waals surface area contributed by atoms with Crippen molar-refractivity contribution in [2.45, 2.75) is 6.04 Å². The molecule has 2 rings (SSSR count). The predicted octanol–water partition coefficient (Wildman–Crippen LogP) is 1.39. The fraction of sp³-hybridized carbons (Fsp3) is 0.250. The third-order valence-corrected chi connectivity index (χ3v) is 1.98. The van der Waals surface area contributed by atoms with Gasteiger partial charge in [0.15, 0.2) is 23.4 Å². The predicted molar refractivity (Wildman–Crippen MR) is 44.1 cm³/mol. The van der Waals surface area contributed by atoms with Crippen LogP contribution in [0.5, 0.6) is 0 Å². The van der Waals surface area contributed by atoms with Crippen LogP contribution in [0.25, 0.3) is 0 Å². The van der Waals surface area contributed by atoms with Gasteiger partial charge >= 0.3 is 0 Å². The number of hydrogen-bond acceptors (Lipinski definition) is 4. The van der Waals surface area contributed by atoms with E-state index in [0.717, 1.165) is 0 Å². The smallest absolute Gasteiger partial charge is 0.173 e. The maximum Gasteiger partial charge on any atom is 0.173 e. The number of azo groups is 1. The first-order chi connectivity index (χ1) is 6.24. The Morgan fingerprint density at radius 3 is 3.00 bits per heavy atom. The van der Waals surface area contributed by atoms with Gasteiger partial charge in [-0.3, -0.25) is 0 Å². The second-order valence-electron chi connectivity index (χ2n) is 2.71. The van der Waals surface area contributed by atoms with Crippen LogP contribution in [0.3, 0.4) is 0 Å². The molecule has 5 heteroatoms. The molecule has 0 spiro atoms. The van der Waals surface area contributed by atoms with E-state index < -0.39 is 11.9 Å². The van der Waals surface area contributed by atoms with Gasteiger partial charge in [0.2, 0.25) is 0 Å². The van der Waals surface area contributed by atoms with Crippen molar-refractivity contribution in [1.82, 2.24) is 0 Å². The summed E-state index contributed by atoms with van der Waals surface area (Å²) in [4.78, 5) is 0. The Morgan fingerprint density at radius 2 is 2.31 bits per heavy atom. The second-order valence-corrected chi connectivity index (χ2v) is 2.71. The lowest BCUT2D eigenvalue weighted by molar-refractivity contribution is 0.284. The van der Waals surface area contributed by atoms with Crippen LogP contribution in [0.15, 0.2) is 45.4 Å². The van der Waals surface area contributed by atoms with Crippen LogP contribution in [-0.4, -0.2) is 13.2 Å². The van der Waals surface area contributed by atoms with Crippen LogP contribution < -0.4 is 5.73 Å². The minimum Gasteiger partial charge on any atom is -0.494 e. The number of hydrogen-bond donors (Lipinski definition) is 1. The summed E-state index contributed by atoms with van der Waals surface area (Å²) in [5.74, 6) is 0.0122. The van der Waals surface area contributed by atoms with E-state index in [-0.39, 0.29) is 11.6 Å². The number of halogens is 1. The molecule has 0 aromatic carbocycles. The van der Waals surface area contributed by atoms with Crippen LogP contribution >= 0.6 is 0 Å². The van der Waals surface area contributed by atoms with Gasteiger partial charge in [0.1, 0.15) is 0 Å². The van der Waals surface area contributed by atoms with E-state index >= 15 is 0 Å². The van der Waals surface area contributed by atoms with Crippen LogP contribution in [-0.2, 0) is 4.74 Å². The molecule has 1 heterocycles. The third kappa shape index (κ3) is 1.04. The van der Waals surface area contributed by atoms with Gasteiger partial charge in [-0.05, 0) is 12.2 Å². The molecule has 1 aliphatic carbocycles. The molecule has 2 N–H and O–H groups in total. The molecule has 2 aliphatic rings. The Kier molecular flexibility index (Phi) is 1.65. The Balaban J connectivity index is 2.45. The lowest BCUT2D eigenvalue weighted by atomic mass is 10.0. The zero-order valence-electron chi connectivity index (χ0n) is 6.99. The quantitative estimate of drug-likeness (QED) is 0.664. The molecule has 1 atom stereocenters. The largest absolute Gasteiger partial charge is 0.494 e. The number of fused-ring (bicyclic) bond motifs is 1. The first-order valence-electron chi connectivity index (χ1n) is 3.76. The Bertz CT molecular complexity index is 368. The van der Waals surface area contributed by atoms with Gasteiger partial charge in [-0.15, -0.1) is 5.11 Å². The standard InChI is InChI=1S/C8H8FN3O/c1-13-5-3-2-4-7(6(5)9)11-12-8(4)10/h2-3,7H,10H2,1H3/t7-/m1/s1. The van der Waals surface area contributed by atoms with E-state index in [1.165, 1.54) is 13.2 Å². The number of nitrogens with zero attached hydrogens (tertiary/aromatic N) is 2. The fourth-order valence-corrected chi connectivity index (χ4v) is 1.29. The lowest BCUT2D eigenvalue weighted by Gasteiger charge is -2.13. The summed E-state index contributed by atoms with van der Waals surface area (Å²) in [6.45, 7) is 0. The van der Waals surface area contributed by atoms with Crippen LogP contribution in [0, 0.1) is 0 Å². The van der Waals surface area contributed by atoms with Gasteiger partial charge < -0.3 is 10.5 Å². The normalized spacial score (nSPS) is 25.5. The molecular formula is C8H8FN3O. The van der Waals surface area contributed by atoms with Gasteiger partial charge in [0.25, 0.3) is 0 Å². The molecule has 0 aromatic heterocycles. The Hall–Kier alpha value is -1.65. The lowest BCUT2D eigenvalue weighted by Crippen LogP contribution is -2.13. The van der Waals surface area contributed by atoms with E-state index in [0.29, 0.717) is 5.57 Å². The fourth-order valence-electron chi connectivity index (χ4n) is 1.29. The van der Waals surface area contributed by atoms with Gasteiger partial charge in [0, 0.05) is 5.57 Å². The van der Waals surface area contributed by atoms with E-state index in [2.05, 4.69) is 10.2 Å². The summed E-state index contributed by atoms with van der Waals surface area (Å²) >= 11 is 0. The molecule has 1 aliphatic heterocycles. The Morgan fingerprint density at radius 1 is 1.54 bits per heavy atom. The van der Waals surface area contributed by atoms with Gasteiger partial charge in [-0.1, -0.05) is 0 Å². The molecule has 0 radical (unpaired) electrons. The SMILES string of the molecule is COC1=C(F)[C@@H]2N=NC(N)=C2C=C1. The van der Waals surface area contributed by atoms with Crippen LogP contribution in [0.4, 0.5) is 4.39 Å². The van der Waals surface area contributed by atoms with Crippen molar-refractivity contribution < 1.29 is 9.13 Å². The topological polar surface area (TPSA) is 60.0 Å². The molecule has 0 fully saturated rings. The number of ether oxygens (including phenoxy) is 1. The minimum atomic E-state index is -0.694. The van der Waals surface area contributed by atoms with E-state index in [4.69, 9.17) is 10.5 Å². The van der Waals surface area contributed by atoms with Crippen molar-refractivity contribution in [3.8, 4) is 0 Å². The first kappa shape index (κ1) is 7.97. The molecule has 0 saturated carbocycles. The molecule has 0 bridgehead atoms. The Labute approximate surface area is 74.3 Å². The summed E-state index contributed by atoms with van der Waals surface area (Å²) < 4.78 is 18.2. The van der Waals surface area contributed by atoms with Crippen LogP contribution in [0.2, 0.25) is 0 Å². The van der Waals surface area contributed by atoms with Crippen molar-refractivity contribution >= 4 is 0 Å². The molecule has 0 aromatic rings. The summed E-state index contributed by atoms with van der Waals surface area (Å²) in [5.41, 5.74) is 6.07. The summed E-state index contributed by atoms with van der Waals surface area (Å²) in [6, 6.07) is -0.694. The zero-order valence-corrected chi connectivity index (χ0v) is 6.99. The maximum absolute atomic E-state index is 13.4. The summed E-state index contributed by atoms with van der Waals surface area (Å²) in [6.07, 6.45) is 3.19. The highest BCUT2D eigenvalue weighted by Crippen LogP contribution is 2.32. The maximum atomic E-state index is 13.4. The van der Waals surface area contributed by atoms with Gasteiger partial charge in [-0.25, -0.2) is 4.39 Å². The van der Waals surface area contributed by atoms with Crippen molar-refractivity contribution in [2.75, 3.05) is 7.11 Å². The van der Waals surface area contributed by atoms with Crippen molar-refractivity contribution in [1.29, 1.82) is 0 Å². The zero-order chi connectivity index (χ0) is 9.42. The highest BCUT2D eigenvalue weighted by atomic mass is 19.1. The average Bonchev–Trinajstić information content (AvgIpc) is 2.50. The highest BCUT2D eigenvalue weighted by Gasteiger charge is 2.30. The molecule has 0 amide bonds. The molecule has 13 heavy (non-hydrogen) atoms. The third-order valence-electron chi connectivity index (χ3n) is 1.98. The van der Waals surface area contributed by atoms with Crippen molar-refractivity contribution in [3.63, 3.8) is 0 Å². The van der Waals surface area contributed by atoms with E-state index in [1.807, 2.05) is 0 Å². The van der Waals surface area contributed by atoms with Crippen LogP contribution in [0.1, 0.15) is 0 Å². The number of allylic oxidation sites excluding steroid dienone is 1. The number of nitrogens with two attached hydrogens (primary N) is 1. The van der Waals surface area contributed by atoms with Gasteiger partial charge in [0.05, 0.1) is 7.11 Å². The number of methoxy groups -OCH3 is 1. The average molecular weight is 181 g/mol. The van der Waals surface area contributed by atoms with Crippen molar-refractivity contribution in [2.24, 2.45) is 16.0 Å². The van der Waals surface area contributed by atoms with E-state index in [1.54, 1.807) is 6.08 Å².